The lowest BCUT2D eigenvalue weighted by molar-refractivity contribution is -0.118. The summed E-state index contributed by atoms with van der Waals surface area (Å²) in [6.45, 7) is 2.74. The highest BCUT2D eigenvalue weighted by molar-refractivity contribution is 7.99. The first-order valence-electron chi connectivity index (χ1n) is 12.0. The molecule has 0 atom stereocenters. The van der Waals surface area contributed by atoms with Crippen molar-refractivity contribution >= 4 is 23.9 Å². The number of carbonyl (C=O) groups excluding carboxylic acids is 1. The molecule has 196 valence electrons. The molecule has 1 aromatic heterocycles. The van der Waals surface area contributed by atoms with Crippen LogP contribution in [0.5, 0.6) is 17.2 Å². The summed E-state index contributed by atoms with van der Waals surface area (Å²) in [5, 5.41) is 13.4. The standard InChI is InChI=1S/C28H29N5O4S/c1-4-17-37-25-11-5-20(6-12-25)18-29-30-26(34)19-38-28-32-31-27(21-7-13-23(35-2)14-8-21)33(28)22-9-15-24(36-3)16-10-22/h5-16,18H,4,17,19H2,1-3H3,(H,30,34). The number of hydrogen-bond donors (Lipinski definition) is 1. The summed E-state index contributed by atoms with van der Waals surface area (Å²) >= 11 is 1.27. The van der Waals surface area contributed by atoms with Crippen LogP contribution < -0.4 is 19.6 Å². The number of hydrazone groups is 1. The van der Waals surface area contributed by atoms with Crippen LogP contribution in [0.15, 0.2) is 83.1 Å². The van der Waals surface area contributed by atoms with Gasteiger partial charge in [-0.1, -0.05) is 18.7 Å². The van der Waals surface area contributed by atoms with Gasteiger partial charge in [-0.15, -0.1) is 10.2 Å². The number of carbonyl (C=O) groups is 1. The average Bonchev–Trinajstić information content (AvgIpc) is 3.39. The molecule has 4 rings (SSSR count). The summed E-state index contributed by atoms with van der Waals surface area (Å²) in [6.07, 6.45) is 2.54. The third-order valence-electron chi connectivity index (χ3n) is 5.40. The van der Waals surface area contributed by atoms with Crippen LogP contribution in [0, 0.1) is 0 Å². The van der Waals surface area contributed by atoms with E-state index in [9.17, 15) is 4.79 Å². The smallest absolute Gasteiger partial charge is 0.250 e. The van der Waals surface area contributed by atoms with Crippen molar-refractivity contribution in [3.05, 3.63) is 78.4 Å². The zero-order valence-electron chi connectivity index (χ0n) is 21.5. The first-order chi connectivity index (χ1) is 18.6. The monoisotopic (exact) mass is 531 g/mol. The predicted molar refractivity (Wildman–Crippen MR) is 149 cm³/mol. The third-order valence-corrected chi connectivity index (χ3v) is 6.33. The molecule has 10 heteroatoms. The van der Waals surface area contributed by atoms with Crippen molar-refractivity contribution in [2.75, 3.05) is 26.6 Å². The van der Waals surface area contributed by atoms with Gasteiger partial charge in [0, 0.05) is 11.3 Å². The van der Waals surface area contributed by atoms with Gasteiger partial charge in [0.05, 0.1) is 32.8 Å². The average molecular weight is 532 g/mol. The zero-order valence-corrected chi connectivity index (χ0v) is 22.3. The van der Waals surface area contributed by atoms with E-state index in [1.54, 1.807) is 20.4 Å². The summed E-state index contributed by atoms with van der Waals surface area (Å²) in [5.74, 6) is 2.78. The van der Waals surface area contributed by atoms with Crippen LogP contribution in [0.25, 0.3) is 17.1 Å². The van der Waals surface area contributed by atoms with Crippen molar-refractivity contribution in [3.8, 4) is 34.3 Å². The largest absolute Gasteiger partial charge is 0.497 e. The fraction of sp³-hybridized carbons (Fsp3) is 0.214. The quantitative estimate of drug-likeness (QED) is 0.156. The summed E-state index contributed by atoms with van der Waals surface area (Å²) < 4.78 is 18.1. The number of methoxy groups -OCH3 is 2. The Morgan fingerprint density at radius 2 is 1.55 bits per heavy atom. The third kappa shape index (κ3) is 6.92. The minimum absolute atomic E-state index is 0.109. The lowest BCUT2D eigenvalue weighted by atomic mass is 10.2. The number of nitrogens with one attached hydrogen (secondary N) is 1. The molecule has 0 unspecified atom stereocenters. The van der Waals surface area contributed by atoms with E-state index in [2.05, 4.69) is 27.6 Å². The van der Waals surface area contributed by atoms with Gasteiger partial charge in [0.25, 0.3) is 5.91 Å². The molecule has 0 aliphatic rings. The fourth-order valence-electron chi connectivity index (χ4n) is 3.47. The minimum Gasteiger partial charge on any atom is -0.497 e. The van der Waals surface area contributed by atoms with Crippen molar-refractivity contribution in [2.24, 2.45) is 5.10 Å². The highest BCUT2D eigenvalue weighted by Crippen LogP contribution is 2.29. The number of rotatable bonds is 12. The van der Waals surface area contributed by atoms with Gasteiger partial charge in [-0.3, -0.25) is 9.36 Å². The van der Waals surface area contributed by atoms with E-state index in [1.807, 2.05) is 77.4 Å². The maximum Gasteiger partial charge on any atom is 0.250 e. The summed E-state index contributed by atoms with van der Waals surface area (Å²) in [7, 11) is 3.24. The van der Waals surface area contributed by atoms with E-state index in [0.29, 0.717) is 17.6 Å². The number of amides is 1. The van der Waals surface area contributed by atoms with Crippen molar-refractivity contribution < 1.29 is 19.0 Å². The SMILES string of the molecule is CCCOc1ccc(C=NNC(=O)CSc2nnc(-c3ccc(OC)cc3)n2-c2ccc(OC)cc2)cc1. The van der Waals surface area contributed by atoms with E-state index < -0.39 is 0 Å². The Morgan fingerprint density at radius 1 is 0.921 bits per heavy atom. The normalized spacial score (nSPS) is 10.9. The van der Waals surface area contributed by atoms with Crippen molar-refractivity contribution in [1.82, 2.24) is 20.2 Å². The molecule has 38 heavy (non-hydrogen) atoms. The van der Waals surface area contributed by atoms with Crippen LogP contribution in [-0.4, -0.2) is 53.5 Å². The van der Waals surface area contributed by atoms with Crippen LogP contribution in [0.3, 0.4) is 0 Å². The summed E-state index contributed by atoms with van der Waals surface area (Å²) in [4.78, 5) is 12.5. The van der Waals surface area contributed by atoms with E-state index in [0.717, 1.165) is 40.5 Å². The Hall–Kier alpha value is -4.31. The molecule has 0 aliphatic heterocycles. The Kier molecular flexibility index (Phi) is 9.36. The molecular formula is C28H29N5O4S. The molecule has 1 heterocycles. The Labute approximate surface area is 225 Å². The number of benzene rings is 3. The zero-order chi connectivity index (χ0) is 26.7. The molecular weight excluding hydrogens is 502 g/mol. The van der Waals surface area contributed by atoms with Crippen LogP contribution in [0.4, 0.5) is 0 Å². The number of ether oxygens (including phenoxy) is 3. The molecule has 0 spiro atoms. The summed E-state index contributed by atoms with van der Waals surface area (Å²) in [5.41, 5.74) is 5.12. The highest BCUT2D eigenvalue weighted by atomic mass is 32.2. The van der Waals surface area contributed by atoms with Crippen molar-refractivity contribution in [2.45, 2.75) is 18.5 Å². The second-order valence-corrected chi connectivity index (χ2v) is 9.01. The van der Waals surface area contributed by atoms with E-state index >= 15 is 0 Å². The molecule has 0 saturated carbocycles. The van der Waals surface area contributed by atoms with Crippen LogP contribution in [0.1, 0.15) is 18.9 Å². The van der Waals surface area contributed by atoms with E-state index in [1.165, 1.54) is 11.8 Å². The number of nitrogens with zero attached hydrogens (tertiary/aromatic N) is 4. The van der Waals surface area contributed by atoms with Gasteiger partial charge in [-0.2, -0.15) is 5.10 Å². The van der Waals surface area contributed by atoms with Gasteiger partial charge in [0.2, 0.25) is 0 Å². The van der Waals surface area contributed by atoms with Gasteiger partial charge < -0.3 is 14.2 Å². The van der Waals surface area contributed by atoms with Gasteiger partial charge in [0.1, 0.15) is 17.2 Å². The Bertz CT molecular complexity index is 1350. The second-order valence-electron chi connectivity index (χ2n) is 8.07. The molecule has 1 N–H and O–H groups in total. The van der Waals surface area contributed by atoms with Gasteiger partial charge in [-0.25, -0.2) is 5.43 Å². The van der Waals surface area contributed by atoms with Crippen molar-refractivity contribution in [3.63, 3.8) is 0 Å². The first-order valence-corrected chi connectivity index (χ1v) is 13.0. The lowest BCUT2D eigenvalue weighted by Gasteiger charge is -2.11. The maximum absolute atomic E-state index is 12.5. The Morgan fingerprint density at radius 3 is 2.18 bits per heavy atom. The molecule has 0 aliphatic carbocycles. The fourth-order valence-corrected chi connectivity index (χ4v) is 4.21. The minimum atomic E-state index is -0.260. The van der Waals surface area contributed by atoms with Crippen LogP contribution >= 0.6 is 11.8 Å². The Balaban J connectivity index is 1.45. The predicted octanol–water partition coefficient (Wildman–Crippen LogP) is 4.98. The van der Waals surface area contributed by atoms with Gasteiger partial charge in [-0.05, 0) is 84.8 Å². The molecule has 9 nitrogen and oxygen atoms in total. The molecule has 0 saturated heterocycles. The lowest BCUT2D eigenvalue weighted by Crippen LogP contribution is -2.20. The second kappa shape index (κ2) is 13.3. The molecule has 1 amide bonds. The van der Waals surface area contributed by atoms with Gasteiger partial charge in [0.15, 0.2) is 11.0 Å². The maximum atomic E-state index is 12.5. The molecule has 4 aromatic rings. The van der Waals surface area contributed by atoms with Crippen LogP contribution in [-0.2, 0) is 4.79 Å². The molecule has 0 bridgehead atoms. The first kappa shape index (κ1) is 26.7. The van der Waals surface area contributed by atoms with E-state index in [4.69, 9.17) is 14.2 Å². The van der Waals surface area contributed by atoms with E-state index in [-0.39, 0.29) is 11.7 Å². The van der Waals surface area contributed by atoms with Crippen molar-refractivity contribution in [1.29, 1.82) is 0 Å². The molecule has 0 radical (unpaired) electrons. The number of hydrogen-bond acceptors (Lipinski definition) is 8. The number of aromatic nitrogens is 3. The van der Waals surface area contributed by atoms with Crippen LogP contribution in [0.2, 0.25) is 0 Å². The number of thioether (sulfide) groups is 1. The summed E-state index contributed by atoms with van der Waals surface area (Å²) in [6, 6.07) is 22.7. The topological polar surface area (TPSA) is 99.9 Å². The highest BCUT2D eigenvalue weighted by Gasteiger charge is 2.17. The molecule has 0 fully saturated rings. The van der Waals surface area contributed by atoms with Gasteiger partial charge >= 0.3 is 0 Å². The molecule has 3 aromatic carbocycles.